The fourth-order valence-corrected chi connectivity index (χ4v) is 3.27. The quantitative estimate of drug-likeness (QED) is 0.667. The molecule has 2 aromatic carbocycles. The summed E-state index contributed by atoms with van der Waals surface area (Å²) in [5.74, 6) is 0. The summed E-state index contributed by atoms with van der Waals surface area (Å²) >= 11 is 18.1. The van der Waals surface area contributed by atoms with Crippen molar-refractivity contribution < 1.29 is 0 Å². The largest absolute Gasteiger partial charge is 0.389 e. The van der Waals surface area contributed by atoms with E-state index in [0.717, 1.165) is 20.3 Å². The summed E-state index contributed by atoms with van der Waals surface area (Å²) in [5.41, 5.74) is 8.04. The van der Waals surface area contributed by atoms with E-state index < -0.39 is 0 Å². The Balaban J connectivity index is 2.34. The van der Waals surface area contributed by atoms with Crippen LogP contribution in [0.3, 0.4) is 0 Å². The molecule has 98 valence electrons. The van der Waals surface area contributed by atoms with E-state index in [0.29, 0.717) is 15.6 Å². The molecule has 2 aromatic rings. The number of halogens is 3. The fraction of sp³-hybridized carbons (Fsp3) is 0. The summed E-state index contributed by atoms with van der Waals surface area (Å²) in [7, 11) is 0. The lowest BCUT2D eigenvalue weighted by atomic mass is 10.2. The van der Waals surface area contributed by atoms with Gasteiger partial charge in [0.1, 0.15) is 4.99 Å². The van der Waals surface area contributed by atoms with E-state index in [1.54, 1.807) is 12.1 Å². The van der Waals surface area contributed by atoms with Gasteiger partial charge in [0, 0.05) is 20.2 Å². The van der Waals surface area contributed by atoms with E-state index >= 15 is 0 Å². The number of nitrogens with two attached hydrogens (primary N) is 1. The minimum atomic E-state index is 0.290. The molecule has 0 radical (unpaired) electrons. The van der Waals surface area contributed by atoms with Gasteiger partial charge >= 0.3 is 0 Å². The van der Waals surface area contributed by atoms with Crippen molar-refractivity contribution in [3.05, 3.63) is 55.9 Å². The third kappa shape index (κ3) is 3.48. The topological polar surface area (TPSA) is 38.0 Å². The second-order valence-corrected chi connectivity index (χ2v) is 6.34. The molecule has 2 rings (SSSR count). The Morgan fingerprint density at radius 3 is 2.32 bits per heavy atom. The zero-order valence-corrected chi connectivity index (χ0v) is 14.3. The van der Waals surface area contributed by atoms with Crippen LogP contribution in [0.15, 0.2) is 45.3 Å². The molecular formula is C13H9Br2ClN2S. The molecule has 0 saturated heterocycles. The lowest BCUT2D eigenvalue weighted by Crippen LogP contribution is -2.10. The van der Waals surface area contributed by atoms with Crippen molar-refractivity contribution in [1.82, 2.24) is 0 Å². The van der Waals surface area contributed by atoms with E-state index in [9.17, 15) is 0 Å². The summed E-state index contributed by atoms with van der Waals surface area (Å²) in [6, 6.07) is 11.3. The molecule has 0 bridgehead atoms. The second-order valence-electron chi connectivity index (χ2n) is 3.78. The molecule has 0 spiro atoms. The number of anilines is 2. The highest BCUT2D eigenvalue weighted by Crippen LogP contribution is 2.34. The predicted octanol–water partition coefficient (Wildman–Crippen LogP) is 5.24. The maximum Gasteiger partial charge on any atom is 0.105 e. The lowest BCUT2D eigenvalue weighted by molar-refractivity contribution is 1.49. The Morgan fingerprint density at radius 2 is 1.79 bits per heavy atom. The Morgan fingerprint density at radius 1 is 1.16 bits per heavy atom. The minimum Gasteiger partial charge on any atom is -0.389 e. The van der Waals surface area contributed by atoms with Crippen LogP contribution in [0.25, 0.3) is 0 Å². The molecular weight excluding hydrogens is 411 g/mol. The molecule has 0 aliphatic heterocycles. The van der Waals surface area contributed by atoms with Crippen molar-refractivity contribution in [3.63, 3.8) is 0 Å². The summed E-state index contributed by atoms with van der Waals surface area (Å²) in [5, 5.41) is 3.81. The van der Waals surface area contributed by atoms with Gasteiger partial charge in [0.15, 0.2) is 0 Å². The molecule has 3 N–H and O–H groups in total. The smallest absolute Gasteiger partial charge is 0.105 e. The second kappa shape index (κ2) is 6.22. The van der Waals surface area contributed by atoms with Crippen LogP contribution in [-0.2, 0) is 0 Å². The van der Waals surface area contributed by atoms with Crippen molar-refractivity contribution >= 4 is 72.0 Å². The van der Waals surface area contributed by atoms with E-state index in [2.05, 4.69) is 37.2 Å². The molecule has 0 atom stereocenters. The van der Waals surface area contributed by atoms with Gasteiger partial charge in [0.25, 0.3) is 0 Å². The van der Waals surface area contributed by atoms with Crippen LogP contribution in [0.4, 0.5) is 11.4 Å². The normalized spacial score (nSPS) is 10.3. The summed E-state index contributed by atoms with van der Waals surface area (Å²) in [6.45, 7) is 0. The highest BCUT2D eigenvalue weighted by molar-refractivity contribution is 9.11. The van der Waals surface area contributed by atoms with Gasteiger partial charge in [-0.3, -0.25) is 0 Å². The summed E-state index contributed by atoms with van der Waals surface area (Å²) in [4.78, 5) is 0.290. The van der Waals surface area contributed by atoms with Crippen molar-refractivity contribution in [2.75, 3.05) is 5.32 Å². The van der Waals surface area contributed by atoms with Gasteiger partial charge in [-0.25, -0.2) is 0 Å². The van der Waals surface area contributed by atoms with Gasteiger partial charge in [-0.05, 0) is 62.2 Å². The SMILES string of the molecule is NC(=S)c1ccc(Nc2c(Br)cccc2Br)cc1Cl. The van der Waals surface area contributed by atoms with Crippen LogP contribution < -0.4 is 11.1 Å². The van der Waals surface area contributed by atoms with Crippen molar-refractivity contribution in [2.24, 2.45) is 5.73 Å². The first kappa shape index (κ1) is 14.8. The number of thiocarbonyl (C=S) groups is 1. The number of para-hydroxylation sites is 1. The highest BCUT2D eigenvalue weighted by Gasteiger charge is 2.08. The number of benzene rings is 2. The average molecular weight is 421 g/mol. The fourth-order valence-electron chi connectivity index (χ4n) is 1.55. The monoisotopic (exact) mass is 418 g/mol. The predicted molar refractivity (Wildman–Crippen MR) is 92.5 cm³/mol. The molecule has 0 fully saturated rings. The first-order chi connectivity index (χ1) is 8.99. The summed E-state index contributed by atoms with van der Waals surface area (Å²) in [6.07, 6.45) is 0. The highest BCUT2D eigenvalue weighted by atomic mass is 79.9. The van der Waals surface area contributed by atoms with Crippen LogP contribution in [0.5, 0.6) is 0 Å². The van der Waals surface area contributed by atoms with Gasteiger partial charge < -0.3 is 11.1 Å². The molecule has 0 aromatic heterocycles. The van der Waals surface area contributed by atoms with E-state index in [1.165, 1.54) is 0 Å². The molecule has 19 heavy (non-hydrogen) atoms. The number of hydrogen-bond acceptors (Lipinski definition) is 2. The molecule has 0 saturated carbocycles. The van der Waals surface area contributed by atoms with Gasteiger partial charge in [0.05, 0.1) is 10.7 Å². The van der Waals surface area contributed by atoms with Crippen LogP contribution in [0.1, 0.15) is 5.56 Å². The Hall–Kier alpha value is -0.620. The van der Waals surface area contributed by atoms with E-state index in [-0.39, 0.29) is 0 Å². The molecule has 6 heteroatoms. The van der Waals surface area contributed by atoms with Crippen molar-refractivity contribution in [3.8, 4) is 0 Å². The van der Waals surface area contributed by atoms with Crippen LogP contribution in [0, 0.1) is 0 Å². The summed E-state index contributed by atoms with van der Waals surface area (Å²) < 4.78 is 1.91. The number of rotatable bonds is 3. The zero-order valence-electron chi connectivity index (χ0n) is 9.58. The molecule has 0 heterocycles. The molecule has 0 aliphatic rings. The van der Waals surface area contributed by atoms with Crippen LogP contribution in [0.2, 0.25) is 5.02 Å². The maximum absolute atomic E-state index is 6.14. The van der Waals surface area contributed by atoms with Gasteiger partial charge in [-0.2, -0.15) is 0 Å². The van der Waals surface area contributed by atoms with E-state index in [4.69, 9.17) is 29.6 Å². The van der Waals surface area contributed by atoms with E-state index in [1.807, 2.05) is 24.3 Å². The first-order valence-electron chi connectivity index (χ1n) is 5.29. The molecule has 0 unspecified atom stereocenters. The van der Waals surface area contributed by atoms with Gasteiger partial charge in [0.2, 0.25) is 0 Å². The third-order valence-electron chi connectivity index (χ3n) is 2.47. The Labute approximate surface area is 138 Å². The molecule has 2 nitrogen and oxygen atoms in total. The number of nitrogens with one attached hydrogen (secondary N) is 1. The Bertz CT molecular complexity index is 626. The van der Waals surface area contributed by atoms with Crippen LogP contribution in [-0.4, -0.2) is 4.99 Å². The maximum atomic E-state index is 6.14. The van der Waals surface area contributed by atoms with Crippen molar-refractivity contribution in [2.45, 2.75) is 0 Å². The lowest BCUT2D eigenvalue weighted by Gasteiger charge is -2.12. The molecule has 0 aliphatic carbocycles. The zero-order chi connectivity index (χ0) is 14.0. The molecule has 0 amide bonds. The number of hydrogen-bond donors (Lipinski definition) is 2. The van der Waals surface area contributed by atoms with Crippen molar-refractivity contribution in [1.29, 1.82) is 0 Å². The van der Waals surface area contributed by atoms with Gasteiger partial charge in [-0.15, -0.1) is 0 Å². The Kier molecular flexibility index (Phi) is 4.84. The third-order valence-corrected chi connectivity index (χ3v) is 4.32. The van der Waals surface area contributed by atoms with Crippen LogP contribution >= 0.6 is 55.7 Å². The standard InChI is InChI=1S/C13H9Br2ClN2S/c14-9-2-1-3-10(15)12(9)18-7-4-5-8(13(17)19)11(16)6-7/h1-6,18H,(H2,17,19). The minimum absolute atomic E-state index is 0.290. The van der Waals surface area contributed by atoms with Gasteiger partial charge in [-0.1, -0.05) is 29.9 Å². The first-order valence-corrected chi connectivity index (χ1v) is 7.66. The average Bonchev–Trinajstić information content (AvgIpc) is 2.33.